The Morgan fingerprint density at radius 3 is 2.48 bits per heavy atom. The largest absolute Gasteiger partial charge is 0.416 e. The minimum atomic E-state index is -4.30. The van der Waals surface area contributed by atoms with Crippen molar-refractivity contribution in [2.45, 2.75) is 32.0 Å². The monoisotopic (exact) mass is 358 g/mol. The predicted molar refractivity (Wildman–Crippen MR) is 89.0 cm³/mol. The van der Waals surface area contributed by atoms with E-state index in [1.165, 1.54) is 12.1 Å². The van der Waals surface area contributed by atoms with Gasteiger partial charge >= 0.3 is 6.18 Å². The highest BCUT2D eigenvalue weighted by Crippen LogP contribution is 2.29. The summed E-state index contributed by atoms with van der Waals surface area (Å²) in [6, 6.07) is 5.31. The summed E-state index contributed by atoms with van der Waals surface area (Å²) in [4.78, 5) is 16.2. The van der Waals surface area contributed by atoms with Gasteiger partial charge < -0.3 is 9.64 Å². The Labute approximate surface area is 146 Å². The number of carbonyl (C=O) groups is 1. The Balaban J connectivity index is 1.83. The Hall–Kier alpha value is -1.60. The van der Waals surface area contributed by atoms with E-state index in [1.807, 2.05) is 4.90 Å². The number of carbonyl (C=O) groups excluding carboxylic acids is 1. The minimum absolute atomic E-state index is 0.147. The molecule has 25 heavy (non-hydrogen) atoms. The molecule has 7 heteroatoms. The fourth-order valence-corrected chi connectivity index (χ4v) is 2.96. The Bertz CT molecular complexity index is 546. The normalized spacial score (nSPS) is 16.7. The zero-order valence-electron chi connectivity index (χ0n) is 14.5. The molecule has 0 aromatic heterocycles. The topological polar surface area (TPSA) is 32.8 Å². The third kappa shape index (κ3) is 6.32. The van der Waals surface area contributed by atoms with Crippen LogP contribution in [0, 0.1) is 0 Å². The lowest BCUT2D eigenvalue weighted by Crippen LogP contribution is -2.35. The molecule has 1 saturated heterocycles. The number of amides is 1. The van der Waals surface area contributed by atoms with E-state index in [0.29, 0.717) is 26.1 Å². The SMILES string of the molecule is COCCCC(=O)N1CCCN(Cc2ccc(C(F)(F)F)cc2)CC1. The van der Waals surface area contributed by atoms with Gasteiger partial charge in [-0.15, -0.1) is 0 Å². The van der Waals surface area contributed by atoms with Crippen molar-refractivity contribution in [3.05, 3.63) is 35.4 Å². The maximum absolute atomic E-state index is 12.6. The first-order valence-electron chi connectivity index (χ1n) is 8.55. The van der Waals surface area contributed by atoms with Crippen molar-refractivity contribution < 1.29 is 22.7 Å². The van der Waals surface area contributed by atoms with E-state index in [9.17, 15) is 18.0 Å². The van der Waals surface area contributed by atoms with Crippen LogP contribution in [0.3, 0.4) is 0 Å². The van der Waals surface area contributed by atoms with Crippen LogP contribution in [0.5, 0.6) is 0 Å². The highest BCUT2D eigenvalue weighted by Gasteiger charge is 2.30. The van der Waals surface area contributed by atoms with Crippen LogP contribution in [-0.2, 0) is 22.3 Å². The van der Waals surface area contributed by atoms with Gasteiger partial charge in [0.05, 0.1) is 5.56 Å². The number of halogens is 3. The summed E-state index contributed by atoms with van der Waals surface area (Å²) in [7, 11) is 1.62. The van der Waals surface area contributed by atoms with Crippen LogP contribution < -0.4 is 0 Å². The van der Waals surface area contributed by atoms with E-state index in [0.717, 1.165) is 50.2 Å². The molecule has 0 aliphatic carbocycles. The molecular formula is C18H25F3N2O2. The van der Waals surface area contributed by atoms with Crippen molar-refractivity contribution in [2.24, 2.45) is 0 Å². The number of hydrogen-bond donors (Lipinski definition) is 0. The van der Waals surface area contributed by atoms with Crippen LogP contribution in [0.4, 0.5) is 13.2 Å². The first kappa shape index (κ1) is 19.7. The molecule has 1 aliphatic heterocycles. The summed E-state index contributed by atoms with van der Waals surface area (Å²) >= 11 is 0. The number of benzene rings is 1. The van der Waals surface area contributed by atoms with Crippen molar-refractivity contribution in [3.63, 3.8) is 0 Å². The fraction of sp³-hybridized carbons (Fsp3) is 0.611. The van der Waals surface area contributed by atoms with Crippen LogP contribution in [-0.4, -0.2) is 55.6 Å². The molecular weight excluding hydrogens is 333 g/mol. The van der Waals surface area contributed by atoms with Crippen molar-refractivity contribution >= 4 is 5.91 Å². The lowest BCUT2D eigenvalue weighted by atomic mass is 10.1. The average molecular weight is 358 g/mol. The molecule has 4 nitrogen and oxygen atoms in total. The maximum Gasteiger partial charge on any atom is 0.416 e. The van der Waals surface area contributed by atoms with Crippen LogP contribution in [0.2, 0.25) is 0 Å². The quantitative estimate of drug-likeness (QED) is 0.733. The van der Waals surface area contributed by atoms with Crippen LogP contribution in [0.25, 0.3) is 0 Å². The molecule has 0 atom stereocenters. The van der Waals surface area contributed by atoms with E-state index in [1.54, 1.807) is 7.11 Å². The van der Waals surface area contributed by atoms with Crippen LogP contribution in [0.15, 0.2) is 24.3 Å². The molecule has 1 aliphatic rings. The lowest BCUT2D eigenvalue weighted by Gasteiger charge is -2.22. The number of rotatable bonds is 6. The second kappa shape index (κ2) is 9.20. The highest BCUT2D eigenvalue weighted by molar-refractivity contribution is 5.76. The van der Waals surface area contributed by atoms with Gasteiger partial charge in [-0.3, -0.25) is 9.69 Å². The van der Waals surface area contributed by atoms with Gasteiger partial charge in [-0.1, -0.05) is 12.1 Å². The molecule has 0 N–H and O–H groups in total. The standard InChI is InChI=1S/C18H25F3N2O2/c1-25-13-2-4-17(24)23-10-3-9-22(11-12-23)14-15-5-7-16(8-6-15)18(19,20)21/h5-8H,2-4,9-14H2,1H3. The predicted octanol–water partition coefficient (Wildman–Crippen LogP) is 3.17. The smallest absolute Gasteiger partial charge is 0.385 e. The molecule has 1 heterocycles. The summed E-state index contributed by atoms with van der Waals surface area (Å²) in [5.41, 5.74) is 0.229. The van der Waals surface area contributed by atoms with Crippen molar-refractivity contribution in [1.82, 2.24) is 9.80 Å². The second-order valence-corrected chi connectivity index (χ2v) is 6.30. The van der Waals surface area contributed by atoms with E-state index < -0.39 is 11.7 Å². The summed E-state index contributed by atoms with van der Waals surface area (Å²) in [6.07, 6.45) is -2.21. The van der Waals surface area contributed by atoms with Gasteiger partial charge in [-0.05, 0) is 30.5 Å². The van der Waals surface area contributed by atoms with Gasteiger partial charge in [0.1, 0.15) is 0 Å². The minimum Gasteiger partial charge on any atom is -0.385 e. The second-order valence-electron chi connectivity index (χ2n) is 6.30. The number of methoxy groups -OCH3 is 1. The molecule has 0 spiro atoms. The van der Waals surface area contributed by atoms with E-state index in [4.69, 9.17) is 4.74 Å². The number of alkyl halides is 3. The van der Waals surface area contributed by atoms with Crippen molar-refractivity contribution in [3.8, 4) is 0 Å². The van der Waals surface area contributed by atoms with Crippen LogP contribution >= 0.6 is 0 Å². The fourth-order valence-electron chi connectivity index (χ4n) is 2.96. The zero-order valence-corrected chi connectivity index (χ0v) is 14.5. The van der Waals surface area contributed by atoms with Gasteiger partial charge in [0.25, 0.3) is 0 Å². The molecule has 140 valence electrons. The Morgan fingerprint density at radius 1 is 1.12 bits per heavy atom. The molecule has 1 amide bonds. The molecule has 0 radical (unpaired) electrons. The van der Waals surface area contributed by atoms with Gasteiger partial charge in [-0.25, -0.2) is 0 Å². The van der Waals surface area contributed by atoms with Crippen molar-refractivity contribution in [2.75, 3.05) is 39.9 Å². The first-order valence-corrected chi connectivity index (χ1v) is 8.55. The Morgan fingerprint density at radius 2 is 1.84 bits per heavy atom. The molecule has 1 aromatic rings. The van der Waals surface area contributed by atoms with E-state index in [-0.39, 0.29) is 5.91 Å². The molecule has 0 bridgehead atoms. The van der Waals surface area contributed by atoms with Gasteiger partial charge in [-0.2, -0.15) is 13.2 Å². The maximum atomic E-state index is 12.6. The average Bonchev–Trinajstić information content (AvgIpc) is 2.80. The van der Waals surface area contributed by atoms with Gasteiger partial charge in [0.2, 0.25) is 5.91 Å². The first-order chi connectivity index (χ1) is 11.9. The Kier molecular flexibility index (Phi) is 7.25. The van der Waals surface area contributed by atoms with Crippen LogP contribution in [0.1, 0.15) is 30.4 Å². The third-order valence-electron chi connectivity index (χ3n) is 4.37. The third-order valence-corrected chi connectivity index (χ3v) is 4.37. The number of ether oxygens (including phenoxy) is 1. The van der Waals surface area contributed by atoms with E-state index in [2.05, 4.69) is 4.90 Å². The highest BCUT2D eigenvalue weighted by atomic mass is 19.4. The molecule has 1 aromatic carbocycles. The summed E-state index contributed by atoms with van der Waals surface area (Å²) < 4.78 is 42.8. The molecule has 2 rings (SSSR count). The summed E-state index contributed by atoms with van der Waals surface area (Å²) in [5.74, 6) is 0.147. The molecule has 0 saturated carbocycles. The van der Waals surface area contributed by atoms with Gasteiger partial charge in [0, 0.05) is 52.9 Å². The number of hydrogen-bond acceptors (Lipinski definition) is 3. The summed E-state index contributed by atoms with van der Waals surface area (Å²) in [6.45, 7) is 4.14. The molecule has 0 unspecified atom stereocenters. The number of nitrogens with zero attached hydrogens (tertiary/aromatic N) is 2. The summed E-state index contributed by atoms with van der Waals surface area (Å²) in [5, 5.41) is 0. The lowest BCUT2D eigenvalue weighted by molar-refractivity contribution is -0.137. The van der Waals surface area contributed by atoms with Gasteiger partial charge in [0.15, 0.2) is 0 Å². The molecule has 1 fully saturated rings. The zero-order chi connectivity index (χ0) is 18.3. The van der Waals surface area contributed by atoms with E-state index >= 15 is 0 Å². The van der Waals surface area contributed by atoms with Crippen molar-refractivity contribution in [1.29, 1.82) is 0 Å².